The first kappa shape index (κ1) is 14.9. The Morgan fingerprint density at radius 1 is 1.40 bits per heavy atom. The van der Waals surface area contributed by atoms with Gasteiger partial charge in [-0.1, -0.05) is 24.6 Å². The summed E-state index contributed by atoms with van der Waals surface area (Å²) < 4.78 is 15.6. The van der Waals surface area contributed by atoms with Gasteiger partial charge in [-0.25, -0.2) is 9.37 Å². The number of nitrogens with zero attached hydrogens (tertiary/aromatic N) is 3. The molecule has 0 saturated heterocycles. The zero-order valence-corrected chi connectivity index (χ0v) is 12.1. The smallest absolute Gasteiger partial charge is 0.138 e. The molecule has 0 aliphatic carbocycles. The Hall–Kier alpha value is -1.46. The van der Waals surface area contributed by atoms with Crippen LogP contribution >= 0.6 is 11.6 Å². The lowest BCUT2D eigenvalue weighted by Gasteiger charge is -2.13. The lowest BCUT2D eigenvalue weighted by atomic mass is 10.0. The highest BCUT2D eigenvalue weighted by Crippen LogP contribution is 2.20. The van der Waals surface area contributed by atoms with E-state index in [1.807, 2.05) is 4.68 Å². The summed E-state index contributed by atoms with van der Waals surface area (Å²) in [5.41, 5.74) is 6.55. The number of aryl methyl sites for hydroxylation is 1. The molecule has 108 valence electrons. The molecule has 0 aliphatic rings. The van der Waals surface area contributed by atoms with Gasteiger partial charge in [0.2, 0.25) is 0 Å². The minimum Gasteiger partial charge on any atom is -0.327 e. The number of benzene rings is 1. The third-order valence-electron chi connectivity index (χ3n) is 3.10. The Balaban J connectivity index is 2.05. The molecular formula is C14H18ClFN4. The molecule has 0 saturated carbocycles. The molecule has 0 aliphatic heterocycles. The van der Waals surface area contributed by atoms with Crippen LogP contribution in [0.25, 0.3) is 0 Å². The molecule has 4 nitrogen and oxygen atoms in total. The summed E-state index contributed by atoms with van der Waals surface area (Å²) in [5, 5.41) is 4.56. The van der Waals surface area contributed by atoms with Crippen molar-refractivity contribution in [2.24, 2.45) is 5.73 Å². The summed E-state index contributed by atoms with van der Waals surface area (Å²) in [6.45, 7) is 2.88. The van der Waals surface area contributed by atoms with Crippen LogP contribution in [0.15, 0.2) is 24.5 Å². The van der Waals surface area contributed by atoms with Gasteiger partial charge in [-0.2, -0.15) is 5.10 Å². The van der Waals surface area contributed by atoms with E-state index < -0.39 is 0 Å². The fourth-order valence-corrected chi connectivity index (χ4v) is 2.38. The van der Waals surface area contributed by atoms with E-state index in [0.717, 1.165) is 18.8 Å². The zero-order valence-electron chi connectivity index (χ0n) is 11.4. The third kappa shape index (κ3) is 3.55. The van der Waals surface area contributed by atoms with Crippen LogP contribution in [-0.2, 0) is 19.4 Å². The van der Waals surface area contributed by atoms with Crippen molar-refractivity contribution in [1.29, 1.82) is 0 Å². The molecule has 0 amide bonds. The number of halogens is 2. The SMILES string of the molecule is CCCn1ncnc1CC(N)Cc1c(F)cccc1Cl. The van der Waals surface area contributed by atoms with Crippen molar-refractivity contribution >= 4 is 11.6 Å². The average Bonchev–Trinajstić information content (AvgIpc) is 2.82. The second kappa shape index (κ2) is 6.81. The average molecular weight is 297 g/mol. The van der Waals surface area contributed by atoms with Crippen LogP contribution in [-0.4, -0.2) is 20.8 Å². The van der Waals surface area contributed by atoms with Crippen molar-refractivity contribution in [1.82, 2.24) is 14.8 Å². The Labute approximate surface area is 122 Å². The standard InChI is InChI=1S/C14H18ClFN4/c1-2-6-20-14(18-9-19-20)8-10(17)7-11-12(15)4-3-5-13(11)16/h3-5,9-10H,2,6-8,17H2,1H3. The molecule has 1 aromatic carbocycles. The highest BCUT2D eigenvalue weighted by atomic mass is 35.5. The molecule has 1 unspecified atom stereocenters. The van der Waals surface area contributed by atoms with E-state index in [1.165, 1.54) is 12.4 Å². The molecule has 1 heterocycles. The fraction of sp³-hybridized carbons (Fsp3) is 0.429. The Bertz CT molecular complexity index is 550. The minimum absolute atomic E-state index is 0.246. The van der Waals surface area contributed by atoms with Gasteiger partial charge in [0.1, 0.15) is 18.0 Å². The van der Waals surface area contributed by atoms with Crippen LogP contribution in [0.5, 0.6) is 0 Å². The van der Waals surface area contributed by atoms with Crippen molar-refractivity contribution in [3.63, 3.8) is 0 Å². The van der Waals surface area contributed by atoms with Crippen molar-refractivity contribution < 1.29 is 4.39 Å². The van der Waals surface area contributed by atoms with E-state index in [-0.39, 0.29) is 11.9 Å². The van der Waals surface area contributed by atoms with Gasteiger partial charge in [-0.3, -0.25) is 4.68 Å². The number of aromatic nitrogens is 3. The minimum atomic E-state index is -0.317. The second-order valence-electron chi connectivity index (χ2n) is 4.77. The molecule has 2 aromatic rings. The second-order valence-corrected chi connectivity index (χ2v) is 5.18. The summed E-state index contributed by atoms with van der Waals surface area (Å²) in [6, 6.07) is 4.41. The van der Waals surface area contributed by atoms with Crippen molar-refractivity contribution in [3.8, 4) is 0 Å². The topological polar surface area (TPSA) is 56.7 Å². The predicted molar refractivity (Wildman–Crippen MR) is 77.1 cm³/mol. The lowest BCUT2D eigenvalue weighted by molar-refractivity contribution is 0.532. The van der Waals surface area contributed by atoms with Crippen LogP contribution < -0.4 is 5.73 Å². The number of hydrogen-bond acceptors (Lipinski definition) is 3. The van der Waals surface area contributed by atoms with E-state index in [9.17, 15) is 4.39 Å². The van der Waals surface area contributed by atoms with E-state index in [2.05, 4.69) is 17.0 Å². The van der Waals surface area contributed by atoms with Gasteiger partial charge in [0.05, 0.1) is 0 Å². The number of hydrogen-bond donors (Lipinski definition) is 1. The molecule has 20 heavy (non-hydrogen) atoms. The van der Waals surface area contributed by atoms with Gasteiger partial charge < -0.3 is 5.73 Å². The fourth-order valence-electron chi connectivity index (χ4n) is 2.14. The van der Waals surface area contributed by atoms with Crippen molar-refractivity contribution in [3.05, 3.63) is 46.8 Å². The van der Waals surface area contributed by atoms with Crippen LogP contribution in [0, 0.1) is 5.82 Å². The molecule has 6 heteroatoms. The van der Waals surface area contributed by atoms with E-state index in [1.54, 1.807) is 12.1 Å². The maximum atomic E-state index is 13.7. The Kier molecular flexibility index (Phi) is 5.09. The van der Waals surface area contributed by atoms with Crippen molar-refractivity contribution in [2.45, 2.75) is 38.8 Å². The van der Waals surface area contributed by atoms with Gasteiger partial charge in [-0.05, 0) is 25.0 Å². The summed E-state index contributed by atoms with van der Waals surface area (Å²) in [4.78, 5) is 4.21. The van der Waals surface area contributed by atoms with Crippen molar-refractivity contribution in [2.75, 3.05) is 0 Å². The summed E-state index contributed by atoms with van der Waals surface area (Å²) in [7, 11) is 0. The van der Waals surface area contributed by atoms with E-state index in [4.69, 9.17) is 17.3 Å². The molecule has 2 rings (SSSR count). The summed E-state index contributed by atoms with van der Waals surface area (Å²) >= 11 is 6.01. The highest BCUT2D eigenvalue weighted by molar-refractivity contribution is 6.31. The van der Waals surface area contributed by atoms with Crippen LogP contribution in [0.1, 0.15) is 24.7 Å². The predicted octanol–water partition coefficient (Wildman–Crippen LogP) is 2.59. The quantitative estimate of drug-likeness (QED) is 0.891. The maximum Gasteiger partial charge on any atom is 0.138 e. The van der Waals surface area contributed by atoms with Crippen LogP contribution in [0.3, 0.4) is 0 Å². The lowest BCUT2D eigenvalue weighted by Crippen LogP contribution is -2.28. The molecule has 1 aromatic heterocycles. The van der Waals surface area contributed by atoms with Gasteiger partial charge in [0, 0.05) is 29.6 Å². The Morgan fingerprint density at radius 3 is 2.90 bits per heavy atom. The molecule has 1 atom stereocenters. The van der Waals surface area contributed by atoms with Crippen LogP contribution in [0.4, 0.5) is 4.39 Å². The Morgan fingerprint density at radius 2 is 2.20 bits per heavy atom. The molecule has 0 spiro atoms. The molecule has 2 N–H and O–H groups in total. The first-order valence-electron chi connectivity index (χ1n) is 6.67. The summed E-state index contributed by atoms with van der Waals surface area (Å²) in [6.07, 6.45) is 3.42. The normalized spacial score (nSPS) is 12.6. The molecule has 0 fully saturated rings. The molecule has 0 radical (unpaired) electrons. The first-order chi connectivity index (χ1) is 9.61. The number of rotatable bonds is 6. The van der Waals surface area contributed by atoms with Gasteiger partial charge in [-0.15, -0.1) is 0 Å². The van der Waals surface area contributed by atoms with Crippen LogP contribution in [0.2, 0.25) is 5.02 Å². The van der Waals surface area contributed by atoms with E-state index >= 15 is 0 Å². The monoisotopic (exact) mass is 296 g/mol. The number of nitrogens with two attached hydrogens (primary N) is 1. The maximum absolute atomic E-state index is 13.7. The largest absolute Gasteiger partial charge is 0.327 e. The van der Waals surface area contributed by atoms with Gasteiger partial charge >= 0.3 is 0 Å². The zero-order chi connectivity index (χ0) is 14.5. The highest BCUT2D eigenvalue weighted by Gasteiger charge is 2.14. The van der Waals surface area contributed by atoms with Gasteiger partial charge in [0.15, 0.2) is 0 Å². The molecule has 0 bridgehead atoms. The summed E-state index contributed by atoms with van der Waals surface area (Å²) in [5.74, 6) is 0.509. The van der Waals surface area contributed by atoms with E-state index in [0.29, 0.717) is 23.4 Å². The third-order valence-corrected chi connectivity index (χ3v) is 3.46. The van der Waals surface area contributed by atoms with Gasteiger partial charge in [0.25, 0.3) is 0 Å². The molecular weight excluding hydrogens is 279 g/mol. The first-order valence-corrected chi connectivity index (χ1v) is 7.04.